The third-order valence-corrected chi connectivity index (χ3v) is 7.55. The lowest BCUT2D eigenvalue weighted by molar-refractivity contribution is 0.393. The largest absolute Gasteiger partial charge is 0.373 e. The first-order chi connectivity index (χ1) is 19.6. The Balaban J connectivity index is 1.41. The van der Waals surface area contributed by atoms with Crippen LogP contribution >= 0.6 is 0 Å². The van der Waals surface area contributed by atoms with Crippen molar-refractivity contribution in [1.29, 1.82) is 0 Å². The molecule has 7 nitrogen and oxygen atoms in total. The Labute approximate surface area is 236 Å². The molecule has 5 rings (SSSR count). The van der Waals surface area contributed by atoms with Gasteiger partial charge in [0.1, 0.15) is 11.6 Å². The van der Waals surface area contributed by atoms with E-state index in [2.05, 4.69) is 57.0 Å². The summed E-state index contributed by atoms with van der Waals surface area (Å²) in [5.74, 6) is 2.16. The Hall–Kier alpha value is -4.52. The normalized spacial score (nSPS) is 14.8. The predicted octanol–water partition coefficient (Wildman–Crippen LogP) is 7.20. The second-order valence-electron chi connectivity index (χ2n) is 10.2. The van der Waals surface area contributed by atoms with E-state index in [-0.39, 0.29) is 0 Å². The van der Waals surface area contributed by atoms with Crippen molar-refractivity contribution in [2.45, 2.75) is 45.4 Å². The smallest absolute Gasteiger partial charge is 0.178 e. The average molecular weight is 532 g/mol. The van der Waals surface area contributed by atoms with Gasteiger partial charge in [0, 0.05) is 71.9 Å². The molecule has 4 aromatic rings. The van der Waals surface area contributed by atoms with E-state index in [0.717, 1.165) is 56.4 Å². The minimum Gasteiger partial charge on any atom is -0.373 e. The highest BCUT2D eigenvalue weighted by Crippen LogP contribution is 2.30. The van der Waals surface area contributed by atoms with Gasteiger partial charge in [0.2, 0.25) is 0 Å². The van der Waals surface area contributed by atoms with Crippen molar-refractivity contribution in [3.63, 3.8) is 0 Å². The summed E-state index contributed by atoms with van der Waals surface area (Å²) in [6.07, 6.45) is 20.2. The number of imidazole rings is 1. The molecule has 0 bridgehead atoms. The van der Waals surface area contributed by atoms with Crippen molar-refractivity contribution >= 4 is 22.6 Å². The minimum atomic E-state index is 0.520. The van der Waals surface area contributed by atoms with E-state index in [0.29, 0.717) is 18.0 Å². The number of fused-ring (bicyclic) bond motifs is 1. The molecule has 204 valence electrons. The van der Waals surface area contributed by atoms with Crippen LogP contribution in [0.2, 0.25) is 0 Å². The maximum absolute atomic E-state index is 4.80. The van der Waals surface area contributed by atoms with Crippen molar-refractivity contribution in [3.8, 4) is 11.1 Å². The predicted molar refractivity (Wildman–Crippen MR) is 164 cm³/mol. The number of hydrogen-bond acceptors (Lipinski definition) is 6. The highest BCUT2D eigenvalue weighted by Gasteiger charge is 2.17. The molecule has 40 heavy (non-hydrogen) atoms. The van der Waals surface area contributed by atoms with E-state index in [1.165, 1.54) is 32.1 Å². The summed E-state index contributed by atoms with van der Waals surface area (Å²) >= 11 is 0. The van der Waals surface area contributed by atoms with Crippen molar-refractivity contribution in [2.24, 2.45) is 5.92 Å². The molecule has 1 aliphatic rings. The summed E-state index contributed by atoms with van der Waals surface area (Å²) in [7, 11) is 1.89. The van der Waals surface area contributed by atoms with Crippen molar-refractivity contribution in [2.75, 3.05) is 12.4 Å². The van der Waals surface area contributed by atoms with Gasteiger partial charge < -0.3 is 15.6 Å². The van der Waals surface area contributed by atoms with Crippen LogP contribution < -0.4 is 10.6 Å². The van der Waals surface area contributed by atoms with E-state index in [1.54, 1.807) is 12.4 Å². The molecule has 4 aromatic heterocycles. The Bertz CT molecular complexity index is 1560. The van der Waals surface area contributed by atoms with Gasteiger partial charge >= 0.3 is 0 Å². The molecule has 0 spiro atoms. The zero-order valence-electron chi connectivity index (χ0n) is 23.4. The van der Waals surface area contributed by atoms with Crippen LogP contribution in [0.15, 0.2) is 91.8 Å². The molecular formula is C33H37N7. The molecule has 0 aliphatic heterocycles. The van der Waals surface area contributed by atoms with Gasteiger partial charge in [0.05, 0.1) is 5.52 Å². The number of rotatable bonds is 10. The molecule has 0 unspecified atom stereocenters. The molecule has 3 N–H and O–H groups in total. The number of nitrogens with zero attached hydrogens (tertiary/aromatic N) is 4. The van der Waals surface area contributed by atoms with Crippen molar-refractivity contribution in [1.82, 2.24) is 30.2 Å². The molecule has 0 amide bonds. The summed E-state index contributed by atoms with van der Waals surface area (Å²) in [5, 5.41) is 6.76. The molecule has 1 saturated carbocycles. The second-order valence-corrected chi connectivity index (χ2v) is 10.2. The summed E-state index contributed by atoms with van der Waals surface area (Å²) in [4.78, 5) is 21.8. The van der Waals surface area contributed by atoms with Crippen molar-refractivity contribution in [3.05, 3.63) is 109 Å². The number of nitrogens with one attached hydrogen (secondary N) is 3. The Kier molecular flexibility index (Phi) is 8.50. The van der Waals surface area contributed by atoms with Gasteiger partial charge in [0.15, 0.2) is 5.65 Å². The van der Waals surface area contributed by atoms with Crippen LogP contribution in [-0.4, -0.2) is 32.0 Å². The van der Waals surface area contributed by atoms with E-state index >= 15 is 0 Å². The molecule has 0 radical (unpaired) electrons. The number of H-pyrrole nitrogens is 1. The third-order valence-electron chi connectivity index (χ3n) is 7.55. The maximum Gasteiger partial charge on any atom is 0.178 e. The first-order valence-electron chi connectivity index (χ1n) is 14.0. The van der Waals surface area contributed by atoms with Crippen LogP contribution in [0.3, 0.4) is 0 Å². The fraction of sp³-hybridized carbons (Fsp3) is 0.273. The quantitative estimate of drug-likeness (QED) is 0.187. The Morgan fingerprint density at radius 1 is 1.12 bits per heavy atom. The molecule has 4 heterocycles. The maximum atomic E-state index is 4.80. The first kappa shape index (κ1) is 27.1. The molecule has 0 aromatic carbocycles. The fourth-order valence-electron chi connectivity index (χ4n) is 5.40. The van der Waals surface area contributed by atoms with E-state index in [4.69, 9.17) is 9.97 Å². The van der Waals surface area contributed by atoms with Crippen LogP contribution in [0.1, 0.15) is 56.0 Å². The number of pyridine rings is 3. The molecule has 7 heteroatoms. The lowest BCUT2D eigenvalue weighted by atomic mass is 9.87. The number of hydrogen-bond donors (Lipinski definition) is 3. The van der Waals surface area contributed by atoms with Gasteiger partial charge in [-0.15, -0.1) is 0 Å². The fourth-order valence-corrected chi connectivity index (χ4v) is 5.40. The molecule has 0 atom stereocenters. The lowest BCUT2D eigenvalue weighted by Crippen LogP contribution is -2.20. The van der Waals surface area contributed by atoms with Gasteiger partial charge in [-0.3, -0.25) is 4.98 Å². The number of aromatic nitrogens is 5. The summed E-state index contributed by atoms with van der Waals surface area (Å²) in [6.45, 7) is 10.4. The van der Waals surface area contributed by atoms with E-state index in [1.807, 2.05) is 50.6 Å². The van der Waals surface area contributed by atoms with Gasteiger partial charge in [-0.1, -0.05) is 44.6 Å². The van der Waals surface area contributed by atoms with Crippen LogP contribution in [0.4, 0.5) is 5.82 Å². The van der Waals surface area contributed by atoms with Gasteiger partial charge in [-0.25, -0.2) is 15.0 Å². The molecule has 0 saturated heterocycles. The van der Waals surface area contributed by atoms with Crippen LogP contribution in [0.5, 0.6) is 0 Å². The number of anilines is 1. The second kappa shape index (κ2) is 12.6. The summed E-state index contributed by atoms with van der Waals surface area (Å²) in [6, 6.07) is 8.13. The van der Waals surface area contributed by atoms with Crippen LogP contribution in [0, 0.1) is 5.92 Å². The topological polar surface area (TPSA) is 91.4 Å². The van der Waals surface area contributed by atoms with Gasteiger partial charge in [-0.2, -0.15) is 0 Å². The zero-order valence-corrected chi connectivity index (χ0v) is 23.4. The van der Waals surface area contributed by atoms with Crippen LogP contribution in [0.25, 0.3) is 27.9 Å². The average Bonchev–Trinajstić information content (AvgIpc) is 3.42. The van der Waals surface area contributed by atoms with E-state index < -0.39 is 0 Å². The SMILES string of the molecule is C=C/C(=C\C(=C/C)c1cnc(NC)c(Cc2nc3nccc(-c4cccnc4)c3[nH]2)c1)NC(=C)C1CCCCC1. The van der Waals surface area contributed by atoms with Crippen molar-refractivity contribution < 1.29 is 0 Å². The third kappa shape index (κ3) is 6.04. The van der Waals surface area contributed by atoms with Gasteiger partial charge in [0.25, 0.3) is 0 Å². The zero-order chi connectivity index (χ0) is 27.9. The monoisotopic (exact) mass is 531 g/mol. The van der Waals surface area contributed by atoms with E-state index in [9.17, 15) is 0 Å². The standard InChI is InChI=1S/C33H37N7/c1-5-23(18-28(6-2)38-22(3)24-11-8-7-9-12-24)27-17-26(32(34-4)37-21-27)19-30-39-31-29(14-16-36-33(31)40-30)25-13-10-15-35-20-25/h5-6,10,13-18,20-21,24,38H,2-3,7-9,11-12,19H2,1,4H3,(H,34,37)(H,36,39,40)/b23-5+,28-18+. The molecule has 1 aliphatic carbocycles. The lowest BCUT2D eigenvalue weighted by Gasteiger charge is -2.25. The molecular weight excluding hydrogens is 494 g/mol. The molecule has 1 fully saturated rings. The first-order valence-corrected chi connectivity index (χ1v) is 14.0. The summed E-state index contributed by atoms with van der Waals surface area (Å²) < 4.78 is 0. The minimum absolute atomic E-state index is 0.520. The van der Waals surface area contributed by atoms with Gasteiger partial charge in [-0.05, 0) is 61.6 Å². The highest BCUT2D eigenvalue weighted by molar-refractivity contribution is 5.89. The number of aromatic amines is 1. The van der Waals surface area contributed by atoms with Crippen LogP contribution in [-0.2, 0) is 6.42 Å². The summed E-state index contributed by atoms with van der Waals surface area (Å²) in [5.41, 5.74) is 8.76. The number of allylic oxidation sites excluding steroid dienone is 5. The highest BCUT2D eigenvalue weighted by atomic mass is 15.0. The Morgan fingerprint density at radius 3 is 2.70 bits per heavy atom. The Morgan fingerprint density at radius 2 is 1.98 bits per heavy atom.